The molecule has 2 aliphatic carbocycles. The average molecular weight is 569 g/mol. The van der Waals surface area contributed by atoms with Crippen molar-refractivity contribution in [1.82, 2.24) is 9.13 Å². The van der Waals surface area contributed by atoms with E-state index < -0.39 is 0 Å². The summed E-state index contributed by atoms with van der Waals surface area (Å²) in [4.78, 5) is 1.33. The zero-order chi connectivity index (χ0) is 28.7. The minimum Gasteiger partial charge on any atom is -0.313 e. The molecule has 43 heavy (non-hydrogen) atoms. The van der Waals surface area contributed by atoms with Gasteiger partial charge in [0.2, 0.25) is 0 Å². The Morgan fingerprint density at radius 2 is 1.51 bits per heavy atom. The van der Waals surface area contributed by atoms with Crippen molar-refractivity contribution in [3.05, 3.63) is 131 Å². The highest BCUT2D eigenvalue weighted by molar-refractivity contribution is 8.00. The van der Waals surface area contributed by atoms with Crippen molar-refractivity contribution in [2.24, 2.45) is 0 Å². The molecule has 5 heteroatoms. The van der Waals surface area contributed by atoms with Crippen LogP contribution in [-0.4, -0.2) is 14.4 Å². The van der Waals surface area contributed by atoms with Crippen molar-refractivity contribution in [2.45, 2.75) is 28.9 Å². The van der Waals surface area contributed by atoms with Gasteiger partial charge in [0, 0.05) is 54.9 Å². The Morgan fingerprint density at radius 3 is 2.35 bits per heavy atom. The van der Waals surface area contributed by atoms with E-state index in [2.05, 4.69) is 106 Å². The van der Waals surface area contributed by atoms with Crippen molar-refractivity contribution in [1.29, 1.82) is 10.5 Å². The second kappa shape index (κ2) is 9.13. The molecule has 0 spiro atoms. The number of fused-ring (bicyclic) bond motifs is 9. The van der Waals surface area contributed by atoms with Crippen LogP contribution >= 0.6 is 11.8 Å². The Bertz CT molecular complexity index is 2370. The molecule has 4 aromatic carbocycles. The maximum atomic E-state index is 9.57. The maximum absolute atomic E-state index is 9.57. The van der Waals surface area contributed by atoms with Gasteiger partial charge in [-0.25, -0.2) is 0 Å². The third-order valence-electron chi connectivity index (χ3n) is 9.16. The van der Waals surface area contributed by atoms with Crippen LogP contribution in [0.15, 0.2) is 108 Å². The zero-order valence-electron chi connectivity index (χ0n) is 23.2. The summed E-state index contributed by atoms with van der Waals surface area (Å²) in [6.45, 7) is 0. The number of hydrogen-bond donors (Lipinski definition) is 0. The minimum absolute atomic E-state index is 0.247. The monoisotopic (exact) mass is 568 g/mol. The first-order valence-electron chi connectivity index (χ1n) is 14.6. The largest absolute Gasteiger partial charge is 0.313 e. The van der Waals surface area contributed by atoms with Crippen molar-refractivity contribution in [2.75, 3.05) is 0 Å². The number of nitrogens with zero attached hydrogens (tertiary/aromatic N) is 4. The van der Waals surface area contributed by atoms with Crippen molar-refractivity contribution >= 4 is 56.2 Å². The van der Waals surface area contributed by atoms with Crippen LogP contribution in [0.2, 0.25) is 0 Å². The Hall–Kier alpha value is -5.23. The third-order valence-corrected chi connectivity index (χ3v) is 10.5. The fraction of sp³-hybridized carbons (Fsp3) is 0.105. The highest BCUT2D eigenvalue weighted by atomic mass is 32.2. The van der Waals surface area contributed by atoms with E-state index in [9.17, 15) is 10.5 Å². The lowest BCUT2D eigenvalue weighted by Crippen LogP contribution is -2.11. The van der Waals surface area contributed by atoms with Gasteiger partial charge in [0.15, 0.2) is 0 Å². The van der Waals surface area contributed by atoms with Crippen molar-refractivity contribution in [3.8, 4) is 17.8 Å². The first kappa shape index (κ1) is 24.4. The summed E-state index contributed by atoms with van der Waals surface area (Å²) >= 11 is 1.94. The second-order valence-corrected chi connectivity index (χ2v) is 12.7. The van der Waals surface area contributed by atoms with Crippen molar-refractivity contribution in [3.63, 3.8) is 0 Å². The molecule has 0 fully saturated rings. The lowest BCUT2D eigenvalue weighted by atomic mass is 9.91. The molecular formula is C38H24N4S. The number of benzene rings is 4. The molecule has 3 aliphatic rings. The van der Waals surface area contributed by atoms with E-state index in [0.717, 1.165) is 51.2 Å². The molecule has 6 aromatic rings. The van der Waals surface area contributed by atoms with Gasteiger partial charge in [0.05, 0.1) is 39.8 Å². The van der Waals surface area contributed by atoms with E-state index in [1.54, 1.807) is 0 Å². The summed E-state index contributed by atoms with van der Waals surface area (Å²) in [6, 6.07) is 32.1. The second-order valence-electron chi connectivity index (χ2n) is 11.5. The predicted octanol–water partition coefficient (Wildman–Crippen LogP) is 9.11. The van der Waals surface area contributed by atoms with Gasteiger partial charge in [-0.1, -0.05) is 42.5 Å². The third kappa shape index (κ3) is 3.50. The summed E-state index contributed by atoms with van der Waals surface area (Å²) in [6.07, 6.45) is 13.5. The number of para-hydroxylation sites is 1. The van der Waals surface area contributed by atoms with Gasteiger partial charge in [0.25, 0.3) is 0 Å². The number of hydrogen-bond acceptors (Lipinski definition) is 3. The molecule has 9 rings (SSSR count). The van der Waals surface area contributed by atoms with Gasteiger partial charge in [-0.2, -0.15) is 10.5 Å². The fourth-order valence-corrected chi connectivity index (χ4v) is 8.57. The quantitative estimate of drug-likeness (QED) is 0.209. The highest BCUT2D eigenvalue weighted by Gasteiger charge is 2.34. The number of rotatable bonds is 2. The Kier molecular flexibility index (Phi) is 5.18. The number of aromatic nitrogens is 2. The van der Waals surface area contributed by atoms with Crippen molar-refractivity contribution < 1.29 is 0 Å². The molecule has 202 valence electrons. The molecule has 0 saturated heterocycles. The van der Waals surface area contributed by atoms with E-state index in [-0.39, 0.29) is 5.92 Å². The molecule has 2 aromatic heterocycles. The SMILES string of the molecule is N#Cc1ccc2c(c1)c1c(n2-c2ccc3c(c2)C2C=C(n4c5ccccc5c5cc(C#N)ccc54)C=CC2S3)CCC=C1. The Balaban J connectivity index is 1.21. The van der Waals surface area contributed by atoms with Gasteiger partial charge in [-0.05, 0) is 85.1 Å². The van der Waals surface area contributed by atoms with Crippen LogP contribution in [0.25, 0.3) is 50.2 Å². The average Bonchev–Trinajstić information content (AvgIpc) is 3.71. The van der Waals surface area contributed by atoms with Gasteiger partial charge < -0.3 is 9.13 Å². The Morgan fingerprint density at radius 1 is 0.744 bits per heavy atom. The molecule has 0 N–H and O–H groups in total. The van der Waals surface area contributed by atoms with Gasteiger partial charge in [-0.3, -0.25) is 0 Å². The molecule has 0 amide bonds. The molecule has 4 nitrogen and oxygen atoms in total. The molecule has 2 unspecified atom stereocenters. The molecule has 2 atom stereocenters. The molecule has 0 saturated carbocycles. The van der Waals surface area contributed by atoms with E-state index in [1.807, 2.05) is 36.0 Å². The minimum atomic E-state index is 0.247. The van der Waals surface area contributed by atoms with E-state index in [4.69, 9.17) is 0 Å². The standard InChI is InChI=1S/C38H24N4S/c39-21-23-9-13-35-29(17-23)27-5-1-3-7-33(27)41(35)25-11-15-37-31(19-25)32-20-26(12-16-38(32)43-37)42-34-8-4-2-6-28(34)30-18-24(22-40)10-14-36(30)42/h1-3,5-7,9-20,31,37H,4,8H2. The summed E-state index contributed by atoms with van der Waals surface area (Å²) in [5.41, 5.74) is 11.0. The highest BCUT2D eigenvalue weighted by Crippen LogP contribution is 2.51. The van der Waals surface area contributed by atoms with E-state index in [1.165, 1.54) is 27.4 Å². The molecule has 0 bridgehead atoms. The first-order valence-corrected chi connectivity index (χ1v) is 15.5. The van der Waals surface area contributed by atoms with Gasteiger partial charge >= 0.3 is 0 Å². The summed E-state index contributed by atoms with van der Waals surface area (Å²) in [7, 11) is 0. The lowest BCUT2D eigenvalue weighted by Gasteiger charge is -2.21. The van der Waals surface area contributed by atoms with Gasteiger partial charge in [0.1, 0.15) is 0 Å². The van der Waals surface area contributed by atoms with E-state index >= 15 is 0 Å². The summed E-state index contributed by atoms with van der Waals surface area (Å²) in [5.74, 6) is 0.247. The Labute approximate surface area is 253 Å². The van der Waals surface area contributed by atoms with Gasteiger partial charge in [-0.15, -0.1) is 11.8 Å². The molecular weight excluding hydrogens is 545 g/mol. The van der Waals surface area contributed by atoms with Crippen LogP contribution in [0.1, 0.15) is 40.3 Å². The zero-order valence-corrected chi connectivity index (χ0v) is 24.0. The smallest absolute Gasteiger partial charge is 0.0991 e. The molecule has 0 radical (unpaired) electrons. The van der Waals surface area contributed by atoms with E-state index in [0.29, 0.717) is 16.4 Å². The van der Waals surface area contributed by atoms with Crippen LogP contribution in [0.4, 0.5) is 0 Å². The number of nitriles is 2. The summed E-state index contributed by atoms with van der Waals surface area (Å²) in [5, 5.41) is 22.9. The fourth-order valence-electron chi connectivity index (χ4n) is 7.27. The van der Waals surface area contributed by atoms with Crippen LogP contribution in [-0.2, 0) is 6.42 Å². The predicted molar refractivity (Wildman–Crippen MR) is 175 cm³/mol. The molecule has 3 heterocycles. The number of thioether (sulfide) groups is 1. The van der Waals surface area contributed by atoms with Crippen LogP contribution in [0.3, 0.4) is 0 Å². The maximum Gasteiger partial charge on any atom is 0.0991 e. The molecule has 1 aliphatic heterocycles. The normalized spacial score (nSPS) is 18.3. The number of allylic oxidation sites excluding steroid dienone is 4. The first-order chi connectivity index (χ1) is 21.2. The topological polar surface area (TPSA) is 57.4 Å². The van der Waals surface area contributed by atoms with Crippen LogP contribution in [0, 0.1) is 22.7 Å². The summed E-state index contributed by atoms with van der Waals surface area (Å²) < 4.78 is 4.76. The van der Waals surface area contributed by atoms with Crippen LogP contribution in [0.5, 0.6) is 0 Å². The lowest BCUT2D eigenvalue weighted by molar-refractivity contribution is 0.861. The van der Waals surface area contributed by atoms with Crippen LogP contribution < -0.4 is 0 Å².